The fraction of sp³-hybridized carbons (Fsp3) is 0.333. The van der Waals surface area contributed by atoms with Crippen LogP contribution in [0.4, 0.5) is 14.5 Å². The second-order valence-electron chi connectivity index (χ2n) is 3.19. The molecule has 0 heterocycles. The molecule has 1 aromatic rings. The molecule has 1 unspecified atom stereocenters. The van der Waals surface area contributed by atoms with Crippen molar-refractivity contribution in [2.45, 2.75) is 6.10 Å². The first-order valence-corrected chi connectivity index (χ1v) is 4.60. The van der Waals surface area contributed by atoms with Gasteiger partial charge in [0.25, 0.3) is 0 Å². The highest BCUT2D eigenvalue weighted by atomic mass is 19.1. The van der Waals surface area contributed by atoms with E-state index in [1.54, 1.807) is 0 Å². The Kier molecular flexibility index (Phi) is 4.30. The predicted molar refractivity (Wildman–Crippen MR) is 53.6 cm³/mol. The fourth-order valence-electron chi connectivity index (χ4n) is 1.02. The molecule has 0 aromatic heterocycles. The number of aliphatic hydroxyl groups excluding tert-OH is 1. The molecule has 1 rings (SSSR count). The summed E-state index contributed by atoms with van der Waals surface area (Å²) in [6, 6.07) is 0.968. The predicted octanol–water partition coefficient (Wildman–Crippen LogP) is 0.571. The van der Waals surface area contributed by atoms with E-state index in [2.05, 4.69) is 0 Å². The summed E-state index contributed by atoms with van der Waals surface area (Å²) in [7, 11) is 0. The van der Waals surface area contributed by atoms with Crippen LogP contribution in [-0.2, 0) is 0 Å². The molecular formula is C9H10F2N2O4. The molecule has 0 aliphatic heterocycles. The van der Waals surface area contributed by atoms with Gasteiger partial charge in [-0.05, 0) is 0 Å². The van der Waals surface area contributed by atoms with Crippen LogP contribution in [0, 0.1) is 21.7 Å². The summed E-state index contributed by atoms with van der Waals surface area (Å²) >= 11 is 0. The van der Waals surface area contributed by atoms with Gasteiger partial charge >= 0.3 is 5.69 Å². The molecular weight excluding hydrogens is 238 g/mol. The first-order valence-electron chi connectivity index (χ1n) is 4.60. The monoisotopic (exact) mass is 248 g/mol. The number of aliphatic hydroxyl groups is 1. The summed E-state index contributed by atoms with van der Waals surface area (Å²) in [5.41, 5.74) is 4.10. The first-order chi connectivity index (χ1) is 7.95. The minimum absolute atomic E-state index is 0.100. The Morgan fingerprint density at radius 1 is 1.47 bits per heavy atom. The third kappa shape index (κ3) is 3.33. The zero-order valence-corrected chi connectivity index (χ0v) is 8.60. The van der Waals surface area contributed by atoms with E-state index < -0.39 is 34.1 Å². The number of hydrogen-bond acceptors (Lipinski definition) is 5. The van der Waals surface area contributed by atoms with Crippen molar-refractivity contribution in [2.24, 2.45) is 5.73 Å². The van der Waals surface area contributed by atoms with Crippen LogP contribution in [-0.4, -0.2) is 29.3 Å². The van der Waals surface area contributed by atoms with Gasteiger partial charge in [-0.25, -0.2) is 4.39 Å². The Morgan fingerprint density at radius 2 is 2.12 bits per heavy atom. The van der Waals surface area contributed by atoms with Crippen molar-refractivity contribution in [3.8, 4) is 5.75 Å². The average molecular weight is 248 g/mol. The highest BCUT2D eigenvalue weighted by Crippen LogP contribution is 2.26. The number of benzene rings is 1. The molecule has 94 valence electrons. The summed E-state index contributed by atoms with van der Waals surface area (Å²) in [5, 5.41) is 19.3. The molecule has 0 spiro atoms. The third-order valence-corrected chi connectivity index (χ3v) is 1.90. The molecule has 8 heteroatoms. The van der Waals surface area contributed by atoms with Crippen LogP contribution < -0.4 is 10.5 Å². The van der Waals surface area contributed by atoms with Crippen molar-refractivity contribution < 1.29 is 23.5 Å². The van der Waals surface area contributed by atoms with Gasteiger partial charge in [0.1, 0.15) is 12.7 Å². The van der Waals surface area contributed by atoms with Crippen molar-refractivity contribution in [3.63, 3.8) is 0 Å². The number of rotatable bonds is 5. The molecule has 0 saturated heterocycles. The highest BCUT2D eigenvalue weighted by molar-refractivity contribution is 5.39. The number of halogens is 2. The number of hydrogen-bond donors (Lipinski definition) is 2. The summed E-state index contributed by atoms with van der Waals surface area (Å²) < 4.78 is 31.1. The third-order valence-electron chi connectivity index (χ3n) is 1.90. The van der Waals surface area contributed by atoms with Crippen molar-refractivity contribution in [2.75, 3.05) is 13.2 Å². The van der Waals surface area contributed by atoms with E-state index in [0.717, 1.165) is 0 Å². The van der Waals surface area contributed by atoms with Gasteiger partial charge in [0.05, 0.1) is 11.0 Å². The SMILES string of the molecule is NCC(O)COc1cc(F)c([N+](=O)[O-])cc1F. The maximum Gasteiger partial charge on any atom is 0.307 e. The van der Waals surface area contributed by atoms with E-state index in [1.165, 1.54) is 0 Å². The maximum atomic E-state index is 13.2. The molecule has 0 aliphatic rings. The summed E-state index contributed by atoms with van der Waals surface area (Å²) in [5.74, 6) is -2.81. The molecule has 0 fully saturated rings. The molecule has 17 heavy (non-hydrogen) atoms. The zero-order chi connectivity index (χ0) is 13.0. The summed E-state index contributed by atoms with van der Waals surface area (Å²) in [6.07, 6.45) is -1.02. The number of nitro benzene ring substituents is 1. The number of nitrogens with zero attached hydrogens (tertiary/aromatic N) is 1. The van der Waals surface area contributed by atoms with Crippen LogP contribution in [0.5, 0.6) is 5.75 Å². The standard InChI is InChI=1S/C9H10F2N2O4/c10-6-2-9(17-4-5(14)3-12)7(11)1-8(6)13(15)16/h1-2,5,14H,3-4,12H2. The van der Waals surface area contributed by atoms with Crippen molar-refractivity contribution in [1.82, 2.24) is 0 Å². The fourth-order valence-corrected chi connectivity index (χ4v) is 1.02. The normalized spacial score (nSPS) is 12.2. The van der Waals surface area contributed by atoms with E-state index in [9.17, 15) is 18.9 Å². The maximum absolute atomic E-state index is 13.2. The average Bonchev–Trinajstić information content (AvgIpc) is 2.28. The largest absolute Gasteiger partial charge is 0.488 e. The minimum atomic E-state index is -1.21. The highest BCUT2D eigenvalue weighted by Gasteiger charge is 2.19. The summed E-state index contributed by atoms with van der Waals surface area (Å²) in [6.45, 7) is -0.429. The molecule has 1 aromatic carbocycles. The number of nitro groups is 1. The Labute approximate surface area is 94.8 Å². The van der Waals surface area contributed by atoms with Crippen LogP contribution in [0.25, 0.3) is 0 Å². The Bertz CT molecular complexity index is 428. The second kappa shape index (κ2) is 5.51. The van der Waals surface area contributed by atoms with Gasteiger partial charge in [0, 0.05) is 12.6 Å². The van der Waals surface area contributed by atoms with Gasteiger partial charge in [0.2, 0.25) is 5.82 Å². The minimum Gasteiger partial charge on any atom is -0.488 e. The van der Waals surface area contributed by atoms with Gasteiger partial charge in [-0.1, -0.05) is 0 Å². The van der Waals surface area contributed by atoms with Crippen molar-refractivity contribution >= 4 is 5.69 Å². The molecule has 3 N–H and O–H groups in total. The van der Waals surface area contributed by atoms with Gasteiger partial charge < -0.3 is 15.6 Å². The van der Waals surface area contributed by atoms with Crippen LogP contribution in [0.3, 0.4) is 0 Å². The van der Waals surface area contributed by atoms with Crippen LogP contribution in [0.15, 0.2) is 12.1 Å². The van der Waals surface area contributed by atoms with E-state index >= 15 is 0 Å². The van der Waals surface area contributed by atoms with E-state index in [-0.39, 0.29) is 13.2 Å². The lowest BCUT2D eigenvalue weighted by molar-refractivity contribution is -0.387. The topological polar surface area (TPSA) is 98.6 Å². The number of ether oxygens (including phenoxy) is 1. The molecule has 0 amide bonds. The van der Waals surface area contributed by atoms with Crippen molar-refractivity contribution in [1.29, 1.82) is 0 Å². The Hall–Kier alpha value is -1.80. The van der Waals surface area contributed by atoms with Gasteiger partial charge in [-0.3, -0.25) is 10.1 Å². The van der Waals surface area contributed by atoms with Crippen LogP contribution in [0.2, 0.25) is 0 Å². The lowest BCUT2D eigenvalue weighted by Crippen LogP contribution is -2.26. The Balaban J connectivity index is 2.88. The molecule has 0 bridgehead atoms. The van der Waals surface area contributed by atoms with Gasteiger partial charge in [-0.15, -0.1) is 0 Å². The zero-order valence-electron chi connectivity index (χ0n) is 8.60. The lowest BCUT2D eigenvalue weighted by Gasteiger charge is -2.10. The van der Waals surface area contributed by atoms with E-state index in [1.807, 2.05) is 0 Å². The second-order valence-corrected chi connectivity index (χ2v) is 3.19. The van der Waals surface area contributed by atoms with E-state index in [0.29, 0.717) is 12.1 Å². The first kappa shape index (κ1) is 13.3. The Morgan fingerprint density at radius 3 is 2.65 bits per heavy atom. The lowest BCUT2D eigenvalue weighted by atomic mass is 10.2. The van der Waals surface area contributed by atoms with Crippen LogP contribution in [0.1, 0.15) is 0 Å². The van der Waals surface area contributed by atoms with Crippen LogP contribution >= 0.6 is 0 Å². The van der Waals surface area contributed by atoms with Gasteiger partial charge in [0.15, 0.2) is 11.6 Å². The quantitative estimate of drug-likeness (QED) is 0.586. The number of nitrogens with two attached hydrogens (primary N) is 1. The van der Waals surface area contributed by atoms with Gasteiger partial charge in [-0.2, -0.15) is 4.39 Å². The molecule has 6 nitrogen and oxygen atoms in total. The molecule has 1 atom stereocenters. The smallest absolute Gasteiger partial charge is 0.307 e. The van der Waals surface area contributed by atoms with E-state index in [4.69, 9.17) is 15.6 Å². The molecule has 0 aliphatic carbocycles. The molecule has 0 saturated carbocycles. The molecule has 0 radical (unpaired) electrons. The van der Waals surface area contributed by atoms with Crippen molar-refractivity contribution in [3.05, 3.63) is 33.9 Å². The summed E-state index contributed by atoms with van der Waals surface area (Å²) in [4.78, 5) is 9.25.